The summed E-state index contributed by atoms with van der Waals surface area (Å²) >= 11 is 0. The third-order valence-corrected chi connectivity index (χ3v) is 5.02. The van der Waals surface area contributed by atoms with Crippen LogP contribution in [0.3, 0.4) is 0 Å². The Hall–Kier alpha value is -1.08. The molecule has 0 aromatic carbocycles. The summed E-state index contributed by atoms with van der Waals surface area (Å²) in [4.78, 5) is 23.5. The fourth-order valence-electron chi connectivity index (χ4n) is 3.62. The lowest BCUT2D eigenvalue weighted by atomic mass is 10.1. The van der Waals surface area contributed by atoms with Crippen molar-refractivity contribution in [3.05, 3.63) is 24.4 Å². The van der Waals surface area contributed by atoms with Crippen LogP contribution in [0.1, 0.15) is 13.3 Å². The molecule has 0 bridgehead atoms. The Morgan fingerprint density at radius 2 is 1.96 bits per heavy atom. The topological polar surface area (TPSA) is 65.7 Å². The first-order chi connectivity index (χ1) is 11.2. The number of carbonyl (C=O) groups excluding carboxylic acids is 1. The maximum absolute atomic E-state index is 12.6. The molecule has 25 heavy (non-hydrogen) atoms. The van der Waals surface area contributed by atoms with Gasteiger partial charge in [-0.05, 0) is 37.9 Å². The Labute approximate surface area is 162 Å². The van der Waals surface area contributed by atoms with Gasteiger partial charge >= 0.3 is 0 Å². The lowest BCUT2D eigenvalue weighted by Crippen LogP contribution is -2.50. The van der Waals surface area contributed by atoms with E-state index in [2.05, 4.69) is 21.7 Å². The van der Waals surface area contributed by atoms with Gasteiger partial charge in [-0.1, -0.05) is 6.07 Å². The van der Waals surface area contributed by atoms with Gasteiger partial charge < -0.3 is 15.5 Å². The second kappa shape index (κ2) is 10.2. The number of nitrogens with zero attached hydrogens (tertiary/aromatic N) is 4. The van der Waals surface area contributed by atoms with Crippen molar-refractivity contribution in [2.45, 2.75) is 19.4 Å². The van der Waals surface area contributed by atoms with Crippen molar-refractivity contribution in [1.82, 2.24) is 14.8 Å². The van der Waals surface area contributed by atoms with E-state index in [1.165, 1.54) is 0 Å². The molecule has 2 aliphatic rings. The van der Waals surface area contributed by atoms with Crippen LogP contribution in [-0.2, 0) is 4.79 Å². The van der Waals surface area contributed by atoms with Gasteiger partial charge in [0, 0.05) is 45.0 Å². The van der Waals surface area contributed by atoms with E-state index in [0.717, 1.165) is 45.0 Å². The minimum absolute atomic E-state index is 0. The summed E-state index contributed by atoms with van der Waals surface area (Å²) < 4.78 is 0. The van der Waals surface area contributed by atoms with Gasteiger partial charge in [0.05, 0.1) is 6.54 Å². The maximum atomic E-state index is 12.6. The first kappa shape index (κ1) is 22.0. The average Bonchev–Trinajstić information content (AvgIpc) is 2.97. The van der Waals surface area contributed by atoms with Gasteiger partial charge in [0.1, 0.15) is 5.82 Å². The highest BCUT2D eigenvalue weighted by Crippen LogP contribution is 2.22. The van der Waals surface area contributed by atoms with Gasteiger partial charge in [0.25, 0.3) is 0 Å². The van der Waals surface area contributed by atoms with Crippen molar-refractivity contribution >= 4 is 36.5 Å². The molecule has 0 spiro atoms. The third-order valence-electron chi connectivity index (χ3n) is 5.02. The molecule has 2 N–H and O–H groups in total. The summed E-state index contributed by atoms with van der Waals surface area (Å²) in [5.41, 5.74) is 5.75. The van der Waals surface area contributed by atoms with Gasteiger partial charge in [-0.25, -0.2) is 4.98 Å². The summed E-state index contributed by atoms with van der Waals surface area (Å²) in [6, 6.07) is 6.32. The molecule has 0 saturated carbocycles. The van der Waals surface area contributed by atoms with Crippen molar-refractivity contribution in [2.75, 3.05) is 50.7 Å². The largest absolute Gasteiger partial charge is 0.354 e. The van der Waals surface area contributed by atoms with E-state index in [1.807, 2.05) is 29.3 Å². The van der Waals surface area contributed by atoms with Crippen LogP contribution in [-0.4, -0.2) is 72.5 Å². The maximum Gasteiger partial charge on any atom is 0.237 e. The van der Waals surface area contributed by atoms with Crippen LogP contribution in [0.5, 0.6) is 0 Å². The van der Waals surface area contributed by atoms with Crippen LogP contribution >= 0.6 is 24.8 Å². The molecule has 2 unspecified atom stereocenters. The molecule has 2 fully saturated rings. The Bertz CT molecular complexity index is 525. The van der Waals surface area contributed by atoms with Gasteiger partial charge in [-0.3, -0.25) is 9.69 Å². The van der Waals surface area contributed by atoms with Crippen LogP contribution in [0.25, 0.3) is 0 Å². The average molecular weight is 390 g/mol. The second-order valence-corrected chi connectivity index (χ2v) is 6.68. The standard InChI is InChI=1S/C17H27N5O.2ClH/c1-14-10-15(11-18)12-22(14)17(23)13-20-6-8-21(9-7-20)16-4-2-3-5-19-16;;/h2-5,14-15H,6-13,18H2,1H3;2*1H. The summed E-state index contributed by atoms with van der Waals surface area (Å²) in [6.45, 7) is 7.82. The molecule has 3 heterocycles. The normalized spacial score (nSPS) is 23.8. The highest BCUT2D eigenvalue weighted by atomic mass is 35.5. The number of anilines is 1. The molecule has 142 valence electrons. The fraction of sp³-hybridized carbons (Fsp3) is 0.647. The van der Waals surface area contributed by atoms with Crippen molar-refractivity contribution in [2.24, 2.45) is 11.7 Å². The first-order valence-electron chi connectivity index (χ1n) is 8.55. The molecule has 6 nitrogen and oxygen atoms in total. The molecule has 8 heteroatoms. The fourth-order valence-corrected chi connectivity index (χ4v) is 3.62. The predicted octanol–water partition coefficient (Wildman–Crippen LogP) is 1.24. The number of likely N-dealkylation sites (tertiary alicyclic amines) is 1. The van der Waals surface area contributed by atoms with E-state index in [4.69, 9.17) is 5.73 Å². The molecular formula is C17H29Cl2N5O. The minimum Gasteiger partial charge on any atom is -0.354 e. The number of amides is 1. The predicted molar refractivity (Wildman–Crippen MR) is 106 cm³/mol. The minimum atomic E-state index is 0. The molecule has 0 aliphatic carbocycles. The van der Waals surface area contributed by atoms with Crippen LogP contribution < -0.4 is 10.6 Å². The van der Waals surface area contributed by atoms with E-state index >= 15 is 0 Å². The molecule has 0 radical (unpaired) electrons. The van der Waals surface area contributed by atoms with E-state index < -0.39 is 0 Å². The van der Waals surface area contributed by atoms with E-state index in [1.54, 1.807) is 0 Å². The van der Waals surface area contributed by atoms with Gasteiger partial charge in [0.2, 0.25) is 5.91 Å². The zero-order valence-electron chi connectivity index (χ0n) is 14.7. The molecule has 2 aliphatic heterocycles. The van der Waals surface area contributed by atoms with Crippen molar-refractivity contribution in [1.29, 1.82) is 0 Å². The van der Waals surface area contributed by atoms with E-state index in [9.17, 15) is 4.79 Å². The number of nitrogens with two attached hydrogens (primary N) is 1. The van der Waals surface area contributed by atoms with Crippen molar-refractivity contribution in [3.8, 4) is 0 Å². The SMILES string of the molecule is CC1CC(CN)CN1C(=O)CN1CCN(c2ccccn2)CC1.Cl.Cl. The van der Waals surface area contributed by atoms with Crippen LogP contribution in [0.2, 0.25) is 0 Å². The highest BCUT2D eigenvalue weighted by Gasteiger charge is 2.32. The number of aromatic nitrogens is 1. The lowest BCUT2D eigenvalue weighted by Gasteiger charge is -2.36. The van der Waals surface area contributed by atoms with Crippen LogP contribution in [0.4, 0.5) is 5.82 Å². The summed E-state index contributed by atoms with van der Waals surface area (Å²) in [5, 5.41) is 0. The molecule has 1 aromatic rings. The number of rotatable bonds is 4. The lowest BCUT2D eigenvalue weighted by molar-refractivity contribution is -0.133. The van der Waals surface area contributed by atoms with Crippen molar-refractivity contribution < 1.29 is 4.79 Å². The van der Waals surface area contributed by atoms with Gasteiger partial charge in [0.15, 0.2) is 0 Å². The summed E-state index contributed by atoms with van der Waals surface area (Å²) in [5.74, 6) is 1.74. The number of hydrogen-bond donors (Lipinski definition) is 1. The number of pyridine rings is 1. The van der Waals surface area contributed by atoms with Crippen molar-refractivity contribution in [3.63, 3.8) is 0 Å². The smallest absolute Gasteiger partial charge is 0.237 e. The Balaban J connectivity index is 0.00000156. The molecule has 1 amide bonds. The molecule has 2 atom stereocenters. The summed E-state index contributed by atoms with van der Waals surface area (Å²) in [7, 11) is 0. The van der Waals surface area contributed by atoms with Crippen LogP contribution in [0.15, 0.2) is 24.4 Å². The third kappa shape index (κ3) is 5.45. The Morgan fingerprint density at radius 3 is 2.52 bits per heavy atom. The molecular weight excluding hydrogens is 361 g/mol. The Morgan fingerprint density at radius 1 is 1.24 bits per heavy atom. The van der Waals surface area contributed by atoms with E-state index in [0.29, 0.717) is 25.0 Å². The van der Waals surface area contributed by atoms with Gasteiger partial charge in [-0.2, -0.15) is 0 Å². The van der Waals surface area contributed by atoms with E-state index in [-0.39, 0.29) is 30.7 Å². The molecule has 1 aromatic heterocycles. The highest BCUT2D eigenvalue weighted by molar-refractivity contribution is 5.85. The quantitative estimate of drug-likeness (QED) is 0.838. The number of hydrogen-bond acceptors (Lipinski definition) is 5. The number of halogens is 2. The zero-order chi connectivity index (χ0) is 16.2. The monoisotopic (exact) mass is 389 g/mol. The number of carbonyl (C=O) groups is 1. The molecule has 2 saturated heterocycles. The van der Waals surface area contributed by atoms with Gasteiger partial charge in [-0.15, -0.1) is 24.8 Å². The summed E-state index contributed by atoms with van der Waals surface area (Å²) in [6.07, 6.45) is 2.86. The molecule has 3 rings (SSSR count). The zero-order valence-corrected chi connectivity index (χ0v) is 16.3. The van der Waals surface area contributed by atoms with Crippen LogP contribution in [0, 0.1) is 5.92 Å². The second-order valence-electron chi connectivity index (χ2n) is 6.68. The first-order valence-corrected chi connectivity index (χ1v) is 8.55. The number of piperazine rings is 1. The Kier molecular flexibility index (Phi) is 8.93.